The van der Waals surface area contributed by atoms with Crippen LogP contribution in [0.5, 0.6) is 0 Å². The van der Waals surface area contributed by atoms with E-state index in [2.05, 4.69) is 31.3 Å². The molecule has 0 fully saturated rings. The molecule has 0 saturated carbocycles. The van der Waals surface area contributed by atoms with Crippen LogP contribution in [0.2, 0.25) is 0 Å². The van der Waals surface area contributed by atoms with E-state index in [9.17, 15) is 24.5 Å². The number of rotatable bonds is 35. The van der Waals surface area contributed by atoms with E-state index in [0.29, 0.717) is 12.8 Å². The summed E-state index contributed by atoms with van der Waals surface area (Å²) in [5, 5.41) is 24.0. The van der Waals surface area contributed by atoms with Crippen LogP contribution in [0.4, 0.5) is 0 Å². The minimum atomic E-state index is -4.36. The summed E-state index contributed by atoms with van der Waals surface area (Å²) in [5.74, 6) is -0.420. The number of carbonyl (C=O) groups is 1. The predicted octanol–water partition coefficient (Wildman–Crippen LogP) is 8.63. The summed E-state index contributed by atoms with van der Waals surface area (Å²) >= 11 is 0. The van der Waals surface area contributed by atoms with Crippen molar-refractivity contribution in [2.75, 3.05) is 19.8 Å². The van der Waals surface area contributed by atoms with Gasteiger partial charge in [0.15, 0.2) is 0 Å². The Morgan fingerprint density at radius 1 is 0.717 bits per heavy atom. The van der Waals surface area contributed by atoms with E-state index in [1.165, 1.54) is 96.3 Å². The Morgan fingerprint density at radius 3 is 1.70 bits per heavy atom. The molecule has 0 heterocycles. The number of allylic oxidation sites excluding steroid dienone is 2. The molecule has 0 aliphatic heterocycles. The lowest BCUT2D eigenvalue weighted by atomic mass is 10.0. The minimum Gasteiger partial charge on any atom is -0.393 e. The third-order valence-corrected chi connectivity index (χ3v) is 9.41. The molecule has 46 heavy (non-hydrogen) atoms. The number of aliphatic hydroxyl groups is 2. The van der Waals surface area contributed by atoms with Crippen LogP contribution >= 0.6 is 7.82 Å². The van der Waals surface area contributed by atoms with Crippen molar-refractivity contribution in [3.63, 3.8) is 0 Å². The number of nitrogens with one attached hydrogen (secondary N) is 1. The first-order valence-electron chi connectivity index (χ1n) is 18.9. The Hall–Kier alpha value is -0.800. The summed E-state index contributed by atoms with van der Waals surface area (Å²) in [6.45, 7) is 4.00. The molecule has 6 N–H and O–H groups in total. The maximum atomic E-state index is 12.7. The zero-order valence-electron chi connectivity index (χ0n) is 29.7. The predicted molar refractivity (Wildman–Crippen MR) is 191 cm³/mol. The first-order chi connectivity index (χ1) is 22.3. The Labute approximate surface area is 282 Å². The number of phosphoric acid groups is 1. The molecule has 0 aliphatic carbocycles. The molecule has 4 unspecified atom stereocenters. The van der Waals surface area contributed by atoms with Crippen LogP contribution in [0, 0.1) is 0 Å². The normalized spacial score (nSPS) is 15.2. The number of carbonyl (C=O) groups excluding carboxylic acids is 1. The van der Waals surface area contributed by atoms with Gasteiger partial charge in [0.2, 0.25) is 5.91 Å². The SMILES string of the molecule is CCCCCC/C=C\CCCCCCCC(O)CC(=O)NC(COP(=O)(O)OCCN)C(O)CCCCCCCCCCCCC. The maximum Gasteiger partial charge on any atom is 0.472 e. The van der Waals surface area contributed by atoms with Gasteiger partial charge in [0.05, 0.1) is 37.9 Å². The molecule has 274 valence electrons. The van der Waals surface area contributed by atoms with Crippen LogP contribution in [0.15, 0.2) is 12.2 Å². The van der Waals surface area contributed by atoms with E-state index < -0.39 is 32.0 Å². The second-order valence-corrected chi connectivity index (χ2v) is 14.4. The molecular formula is C36H73N2O7P. The number of unbranched alkanes of at least 4 members (excludes halogenated alkanes) is 19. The minimum absolute atomic E-state index is 0.0596. The molecule has 0 aromatic carbocycles. The zero-order chi connectivity index (χ0) is 34.1. The monoisotopic (exact) mass is 677 g/mol. The maximum absolute atomic E-state index is 12.7. The van der Waals surface area contributed by atoms with E-state index in [4.69, 9.17) is 14.8 Å². The van der Waals surface area contributed by atoms with Crippen LogP contribution in [-0.2, 0) is 18.4 Å². The van der Waals surface area contributed by atoms with Gasteiger partial charge in [-0.1, -0.05) is 142 Å². The molecule has 0 aromatic heterocycles. The highest BCUT2D eigenvalue weighted by Crippen LogP contribution is 2.43. The number of hydrogen-bond acceptors (Lipinski definition) is 7. The second kappa shape index (κ2) is 32.7. The van der Waals surface area contributed by atoms with Gasteiger partial charge in [-0.2, -0.15) is 0 Å². The fourth-order valence-corrected chi connectivity index (χ4v) is 6.29. The fraction of sp³-hybridized carbons (Fsp3) is 0.917. The van der Waals surface area contributed by atoms with Gasteiger partial charge in [0.1, 0.15) is 0 Å². The Kier molecular flexibility index (Phi) is 32.2. The van der Waals surface area contributed by atoms with E-state index in [-0.39, 0.29) is 26.2 Å². The highest BCUT2D eigenvalue weighted by Gasteiger charge is 2.28. The number of amides is 1. The van der Waals surface area contributed by atoms with Crippen LogP contribution in [0.1, 0.15) is 174 Å². The summed E-state index contributed by atoms with van der Waals surface area (Å²) in [6, 6.07) is -0.893. The van der Waals surface area contributed by atoms with Crippen LogP contribution in [-0.4, -0.2) is 59.0 Å². The van der Waals surface area contributed by atoms with Gasteiger partial charge in [-0.05, 0) is 38.5 Å². The van der Waals surface area contributed by atoms with E-state index in [0.717, 1.165) is 44.9 Å². The van der Waals surface area contributed by atoms with Crippen molar-refractivity contribution in [2.24, 2.45) is 5.73 Å². The standard InChI is InChI=1S/C36H73N2O7P/c1-3-5-7-9-11-13-15-16-18-19-21-23-25-27-33(39)31-36(41)38-34(32-45-46(42,43)44-30-29-37)35(40)28-26-24-22-20-17-14-12-10-8-6-4-2/h13,15,33-35,39-40H,3-12,14,16-32,37H2,1-2H3,(H,38,41)(H,42,43)/b15-13-. The first-order valence-corrected chi connectivity index (χ1v) is 20.4. The van der Waals surface area contributed by atoms with Crippen molar-refractivity contribution in [1.29, 1.82) is 0 Å². The second-order valence-electron chi connectivity index (χ2n) is 13.0. The quantitative estimate of drug-likeness (QED) is 0.0254. The van der Waals surface area contributed by atoms with E-state index in [1.807, 2.05) is 0 Å². The van der Waals surface area contributed by atoms with Gasteiger partial charge in [0, 0.05) is 6.54 Å². The molecule has 0 rings (SSSR count). The molecule has 0 bridgehead atoms. The smallest absolute Gasteiger partial charge is 0.393 e. The molecule has 0 radical (unpaired) electrons. The summed E-state index contributed by atoms with van der Waals surface area (Å²) in [6.07, 6.45) is 29.7. The fourth-order valence-electron chi connectivity index (χ4n) is 5.53. The van der Waals surface area contributed by atoms with Gasteiger partial charge >= 0.3 is 7.82 Å². The van der Waals surface area contributed by atoms with E-state index >= 15 is 0 Å². The van der Waals surface area contributed by atoms with Crippen molar-refractivity contribution in [3.8, 4) is 0 Å². The van der Waals surface area contributed by atoms with Crippen LogP contribution in [0.25, 0.3) is 0 Å². The third-order valence-electron chi connectivity index (χ3n) is 8.42. The largest absolute Gasteiger partial charge is 0.472 e. The van der Waals surface area contributed by atoms with Crippen molar-refractivity contribution >= 4 is 13.7 Å². The highest BCUT2D eigenvalue weighted by molar-refractivity contribution is 7.47. The zero-order valence-corrected chi connectivity index (χ0v) is 30.6. The molecule has 10 heteroatoms. The van der Waals surface area contributed by atoms with Crippen molar-refractivity contribution in [3.05, 3.63) is 12.2 Å². The Bertz CT molecular complexity index is 756. The van der Waals surface area contributed by atoms with Gasteiger partial charge in [-0.3, -0.25) is 13.8 Å². The summed E-state index contributed by atoms with van der Waals surface area (Å²) in [5.41, 5.74) is 5.34. The van der Waals surface area contributed by atoms with Crippen LogP contribution < -0.4 is 11.1 Å². The molecule has 1 amide bonds. The number of hydrogen-bond donors (Lipinski definition) is 5. The summed E-state index contributed by atoms with van der Waals surface area (Å²) in [4.78, 5) is 22.6. The Morgan fingerprint density at radius 2 is 1.17 bits per heavy atom. The third kappa shape index (κ3) is 30.5. The lowest BCUT2D eigenvalue weighted by Gasteiger charge is -2.25. The molecule has 0 aromatic rings. The van der Waals surface area contributed by atoms with E-state index in [1.54, 1.807) is 0 Å². The first kappa shape index (κ1) is 45.2. The van der Waals surface area contributed by atoms with Gasteiger partial charge in [0.25, 0.3) is 0 Å². The summed E-state index contributed by atoms with van der Waals surface area (Å²) < 4.78 is 22.0. The average Bonchev–Trinajstić information content (AvgIpc) is 3.03. The van der Waals surface area contributed by atoms with Crippen molar-refractivity contribution in [2.45, 2.75) is 193 Å². The molecule has 4 atom stereocenters. The van der Waals surface area contributed by atoms with Gasteiger partial charge in [-0.15, -0.1) is 0 Å². The topological polar surface area (TPSA) is 151 Å². The van der Waals surface area contributed by atoms with Crippen LogP contribution in [0.3, 0.4) is 0 Å². The molecule has 0 saturated heterocycles. The lowest BCUT2D eigenvalue weighted by molar-refractivity contribution is -0.125. The number of phosphoric ester groups is 1. The van der Waals surface area contributed by atoms with Gasteiger partial charge < -0.3 is 26.2 Å². The number of nitrogens with two attached hydrogens (primary N) is 1. The van der Waals surface area contributed by atoms with Crippen molar-refractivity contribution in [1.82, 2.24) is 5.32 Å². The highest BCUT2D eigenvalue weighted by atomic mass is 31.2. The molecule has 9 nitrogen and oxygen atoms in total. The molecule has 0 aliphatic rings. The number of aliphatic hydroxyl groups excluding tert-OH is 2. The Balaban J connectivity index is 4.38. The van der Waals surface area contributed by atoms with Gasteiger partial charge in [-0.25, -0.2) is 4.57 Å². The molecular weight excluding hydrogens is 603 g/mol. The summed E-state index contributed by atoms with van der Waals surface area (Å²) in [7, 11) is -4.36. The molecule has 0 spiro atoms. The average molecular weight is 677 g/mol. The van der Waals surface area contributed by atoms with Crippen molar-refractivity contribution < 1.29 is 33.5 Å². The lowest BCUT2D eigenvalue weighted by Crippen LogP contribution is -2.47.